The highest BCUT2D eigenvalue weighted by Crippen LogP contribution is 2.46. The molecule has 0 saturated carbocycles. The van der Waals surface area contributed by atoms with Crippen LogP contribution in [0, 0.1) is 0 Å². The van der Waals surface area contributed by atoms with E-state index in [1.807, 2.05) is 18.2 Å². The number of nitrogens with one attached hydrogen (secondary N) is 1. The highest BCUT2D eigenvalue weighted by Gasteiger charge is 2.43. The van der Waals surface area contributed by atoms with Gasteiger partial charge in [0.1, 0.15) is 11.3 Å². The number of nitrogens with zero attached hydrogens (tertiary/aromatic N) is 2. The summed E-state index contributed by atoms with van der Waals surface area (Å²) in [5.74, 6) is -1.27. The Balaban J connectivity index is 1.48. The topological polar surface area (TPSA) is 101 Å². The molecule has 2 N–H and O–H groups in total. The SMILES string of the molecule is O=C(O)CCNCc1ccc2c(c1)CCc1c-2noc1-c1noc(-c2ccccc2)c1C(F)(F)F. The van der Waals surface area contributed by atoms with E-state index in [1.54, 1.807) is 18.2 Å². The molecule has 180 valence electrons. The first-order valence-electron chi connectivity index (χ1n) is 11.0. The number of aliphatic carboxylic acids is 1. The van der Waals surface area contributed by atoms with Gasteiger partial charge in [-0.1, -0.05) is 58.8 Å². The Morgan fingerprint density at radius 2 is 1.74 bits per heavy atom. The summed E-state index contributed by atoms with van der Waals surface area (Å²) in [5.41, 5.74) is 2.68. The van der Waals surface area contributed by atoms with E-state index in [2.05, 4.69) is 15.6 Å². The molecule has 35 heavy (non-hydrogen) atoms. The van der Waals surface area contributed by atoms with E-state index in [4.69, 9.17) is 14.2 Å². The van der Waals surface area contributed by atoms with Crippen molar-refractivity contribution in [1.82, 2.24) is 15.6 Å². The van der Waals surface area contributed by atoms with Crippen molar-refractivity contribution in [2.45, 2.75) is 32.0 Å². The zero-order valence-electron chi connectivity index (χ0n) is 18.4. The van der Waals surface area contributed by atoms with Crippen molar-refractivity contribution in [3.05, 3.63) is 70.8 Å². The fraction of sp³-hybridized carbons (Fsp3) is 0.240. The summed E-state index contributed by atoms with van der Waals surface area (Å²) in [7, 11) is 0. The summed E-state index contributed by atoms with van der Waals surface area (Å²) in [4.78, 5) is 10.6. The third-order valence-corrected chi connectivity index (χ3v) is 5.93. The Kier molecular flexibility index (Phi) is 5.89. The fourth-order valence-corrected chi connectivity index (χ4v) is 4.32. The van der Waals surface area contributed by atoms with Gasteiger partial charge in [0.05, 0.1) is 6.42 Å². The summed E-state index contributed by atoms with van der Waals surface area (Å²) in [5, 5.41) is 19.7. The van der Waals surface area contributed by atoms with Crippen molar-refractivity contribution >= 4 is 5.97 Å². The molecule has 0 saturated heterocycles. The molecule has 2 heterocycles. The van der Waals surface area contributed by atoms with Gasteiger partial charge in [-0.2, -0.15) is 13.2 Å². The van der Waals surface area contributed by atoms with Gasteiger partial charge in [-0.15, -0.1) is 0 Å². The molecule has 2 aromatic heterocycles. The number of halogens is 3. The van der Waals surface area contributed by atoms with E-state index in [-0.39, 0.29) is 23.5 Å². The monoisotopic (exact) mass is 483 g/mol. The molecule has 10 heteroatoms. The van der Waals surface area contributed by atoms with Gasteiger partial charge in [-0.05, 0) is 24.0 Å². The second kappa shape index (κ2) is 9.03. The molecular weight excluding hydrogens is 463 g/mol. The van der Waals surface area contributed by atoms with Crippen LogP contribution in [-0.4, -0.2) is 27.9 Å². The Morgan fingerprint density at radius 3 is 2.49 bits per heavy atom. The molecule has 5 rings (SSSR count). The summed E-state index contributed by atoms with van der Waals surface area (Å²) >= 11 is 0. The number of hydrogen-bond donors (Lipinski definition) is 2. The molecule has 2 aromatic carbocycles. The van der Waals surface area contributed by atoms with Crippen LogP contribution in [0.3, 0.4) is 0 Å². The molecule has 0 unspecified atom stereocenters. The van der Waals surface area contributed by atoms with Crippen LogP contribution in [0.5, 0.6) is 0 Å². The van der Waals surface area contributed by atoms with Crippen molar-refractivity contribution in [2.24, 2.45) is 0 Å². The van der Waals surface area contributed by atoms with Crippen LogP contribution in [-0.2, 0) is 30.4 Å². The number of fused-ring (bicyclic) bond motifs is 3. The minimum absolute atomic E-state index is 0.0317. The molecule has 1 aliphatic carbocycles. The van der Waals surface area contributed by atoms with Gasteiger partial charge in [0.25, 0.3) is 0 Å². The van der Waals surface area contributed by atoms with Crippen LogP contribution in [0.25, 0.3) is 34.0 Å². The lowest BCUT2D eigenvalue weighted by atomic mass is 9.87. The predicted octanol–water partition coefficient (Wildman–Crippen LogP) is 5.35. The largest absolute Gasteiger partial charge is 0.481 e. The lowest BCUT2D eigenvalue weighted by Crippen LogP contribution is -2.18. The summed E-state index contributed by atoms with van der Waals surface area (Å²) < 4.78 is 52.9. The lowest BCUT2D eigenvalue weighted by Gasteiger charge is -2.16. The maximum absolute atomic E-state index is 14.1. The zero-order valence-corrected chi connectivity index (χ0v) is 18.4. The number of aryl methyl sites for hydroxylation is 1. The molecule has 7 nitrogen and oxygen atoms in total. The van der Waals surface area contributed by atoms with Crippen molar-refractivity contribution in [3.8, 4) is 34.0 Å². The predicted molar refractivity (Wildman–Crippen MR) is 119 cm³/mol. The van der Waals surface area contributed by atoms with Crippen molar-refractivity contribution in [3.63, 3.8) is 0 Å². The smallest absolute Gasteiger partial charge is 0.422 e. The first-order valence-corrected chi connectivity index (χ1v) is 11.0. The molecule has 0 aliphatic heterocycles. The van der Waals surface area contributed by atoms with E-state index in [0.717, 1.165) is 16.7 Å². The van der Waals surface area contributed by atoms with Crippen LogP contribution in [0.2, 0.25) is 0 Å². The first kappa shape index (κ1) is 22.9. The van der Waals surface area contributed by atoms with Crippen LogP contribution in [0.4, 0.5) is 13.2 Å². The molecule has 0 fully saturated rings. The summed E-state index contributed by atoms with van der Waals surface area (Å²) in [6.07, 6.45) is -3.66. The first-order chi connectivity index (χ1) is 16.8. The number of carboxylic acids is 1. The number of rotatable bonds is 7. The molecule has 0 bridgehead atoms. The maximum Gasteiger partial charge on any atom is 0.422 e. The van der Waals surface area contributed by atoms with Crippen molar-refractivity contribution < 1.29 is 32.1 Å². The van der Waals surface area contributed by atoms with Gasteiger partial charge in [0, 0.05) is 29.8 Å². The summed E-state index contributed by atoms with van der Waals surface area (Å²) in [6.45, 7) is 0.862. The highest BCUT2D eigenvalue weighted by atomic mass is 19.4. The van der Waals surface area contributed by atoms with Gasteiger partial charge < -0.3 is 19.5 Å². The lowest BCUT2D eigenvalue weighted by molar-refractivity contribution is -0.137. The number of hydrogen-bond acceptors (Lipinski definition) is 6. The van der Waals surface area contributed by atoms with Crippen molar-refractivity contribution in [1.29, 1.82) is 0 Å². The Bertz CT molecular complexity index is 1380. The average molecular weight is 483 g/mol. The van der Waals surface area contributed by atoms with E-state index in [0.29, 0.717) is 37.2 Å². The quantitative estimate of drug-likeness (QED) is 0.342. The van der Waals surface area contributed by atoms with Gasteiger partial charge in [0.2, 0.25) is 0 Å². The standard InChI is InChI=1S/C25H20F3N3O4/c26-25(27,28)20-22(31-34-23(20)15-4-2-1-3-5-15)24-18-9-7-16-12-14(13-29-11-10-19(32)33)6-8-17(16)21(18)30-35-24/h1-6,8,12,29H,7,9-11,13H2,(H,32,33). The van der Waals surface area contributed by atoms with Gasteiger partial charge in [-0.25, -0.2) is 0 Å². The number of aromatic nitrogens is 2. The fourth-order valence-electron chi connectivity index (χ4n) is 4.32. The van der Waals surface area contributed by atoms with Gasteiger partial charge >= 0.3 is 12.1 Å². The maximum atomic E-state index is 14.1. The summed E-state index contributed by atoms with van der Waals surface area (Å²) in [6, 6.07) is 13.7. The van der Waals surface area contributed by atoms with Crippen molar-refractivity contribution in [2.75, 3.05) is 6.54 Å². The van der Waals surface area contributed by atoms with Crippen LogP contribution in [0.15, 0.2) is 57.6 Å². The Labute approximate surface area is 197 Å². The van der Waals surface area contributed by atoms with E-state index in [9.17, 15) is 18.0 Å². The second-order valence-corrected chi connectivity index (χ2v) is 8.25. The normalized spacial score (nSPS) is 12.9. The molecular formula is C25H20F3N3O4. The molecule has 0 spiro atoms. The minimum atomic E-state index is -4.71. The van der Waals surface area contributed by atoms with Crippen LogP contribution < -0.4 is 5.32 Å². The molecule has 0 amide bonds. The average Bonchev–Trinajstić information content (AvgIpc) is 3.46. The van der Waals surface area contributed by atoms with E-state index in [1.165, 1.54) is 12.1 Å². The molecule has 0 atom stereocenters. The third-order valence-electron chi connectivity index (χ3n) is 5.93. The minimum Gasteiger partial charge on any atom is -0.481 e. The van der Waals surface area contributed by atoms with Gasteiger partial charge in [0.15, 0.2) is 17.2 Å². The Morgan fingerprint density at radius 1 is 1.00 bits per heavy atom. The molecule has 0 radical (unpaired) electrons. The van der Waals surface area contributed by atoms with Crippen LogP contribution in [0.1, 0.15) is 28.7 Å². The molecule has 1 aliphatic rings. The molecule has 4 aromatic rings. The van der Waals surface area contributed by atoms with Gasteiger partial charge in [-0.3, -0.25) is 4.79 Å². The second-order valence-electron chi connectivity index (χ2n) is 8.25. The van der Waals surface area contributed by atoms with Crippen LogP contribution >= 0.6 is 0 Å². The Hall–Kier alpha value is -3.92. The number of carbonyl (C=O) groups is 1. The third kappa shape index (κ3) is 4.44. The number of alkyl halides is 3. The van der Waals surface area contributed by atoms with E-state index >= 15 is 0 Å². The number of benzene rings is 2. The van der Waals surface area contributed by atoms with E-state index < -0.39 is 23.4 Å². The number of carboxylic acid groups (broad SMARTS) is 1. The zero-order chi connectivity index (χ0) is 24.6. The highest BCUT2D eigenvalue weighted by molar-refractivity contribution is 5.79.